The second kappa shape index (κ2) is 11.8. The number of para-hydroxylation sites is 1. The highest BCUT2D eigenvalue weighted by Gasteiger charge is 2.22. The Balaban J connectivity index is 0.00000261. The van der Waals surface area contributed by atoms with Crippen LogP contribution in [0.5, 0.6) is 5.75 Å². The molecule has 1 aliphatic heterocycles. The number of halogens is 1. The zero-order valence-electron chi connectivity index (χ0n) is 15.8. The minimum Gasteiger partial charge on any atom is -0.490 e. The van der Waals surface area contributed by atoms with Crippen molar-refractivity contribution in [3.63, 3.8) is 0 Å². The van der Waals surface area contributed by atoms with Crippen LogP contribution >= 0.6 is 24.0 Å². The number of guanidine groups is 1. The summed E-state index contributed by atoms with van der Waals surface area (Å²) in [5, 5.41) is 11.1. The molecule has 0 saturated carbocycles. The molecule has 0 amide bonds. The van der Waals surface area contributed by atoms with Crippen LogP contribution in [0, 0.1) is 0 Å². The lowest BCUT2D eigenvalue weighted by atomic mass is 10.1. The Kier molecular flexibility index (Phi) is 9.37. The van der Waals surface area contributed by atoms with Gasteiger partial charge in [0.25, 0.3) is 0 Å². The molecule has 148 valence electrons. The van der Waals surface area contributed by atoms with Gasteiger partial charge in [0.2, 0.25) is 0 Å². The van der Waals surface area contributed by atoms with Gasteiger partial charge in [-0.1, -0.05) is 18.2 Å². The van der Waals surface area contributed by atoms with E-state index in [4.69, 9.17) is 4.74 Å². The van der Waals surface area contributed by atoms with Crippen molar-refractivity contribution < 1.29 is 4.74 Å². The van der Waals surface area contributed by atoms with Crippen molar-refractivity contribution in [1.82, 2.24) is 25.0 Å². The van der Waals surface area contributed by atoms with Gasteiger partial charge in [0.15, 0.2) is 5.96 Å². The summed E-state index contributed by atoms with van der Waals surface area (Å²) >= 11 is 0. The highest BCUT2D eigenvalue weighted by atomic mass is 127. The zero-order chi connectivity index (χ0) is 18.0. The fourth-order valence-corrected chi connectivity index (χ4v) is 3.17. The number of hydrogen-bond donors (Lipinski definition) is 1. The van der Waals surface area contributed by atoms with Gasteiger partial charge in [0.05, 0.1) is 0 Å². The minimum atomic E-state index is 0. The number of nitrogens with one attached hydrogen (secondary N) is 1. The van der Waals surface area contributed by atoms with Crippen LogP contribution in [0.4, 0.5) is 0 Å². The molecule has 2 aromatic rings. The average Bonchev–Trinajstić information content (AvgIpc) is 3.20. The van der Waals surface area contributed by atoms with Gasteiger partial charge < -0.3 is 19.5 Å². The molecule has 8 heteroatoms. The molecule has 1 saturated heterocycles. The number of rotatable bonds is 7. The molecule has 1 N–H and O–H groups in total. The fraction of sp³-hybridized carbons (Fsp3) is 0.526. The van der Waals surface area contributed by atoms with E-state index < -0.39 is 0 Å². The molecule has 2 heterocycles. The van der Waals surface area contributed by atoms with Crippen molar-refractivity contribution in [2.45, 2.75) is 38.3 Å². The van der Waals surface area contributed by atoms with Gasteiger partial charge in [-0.3, -0.25) is 4.99 Å². The van der Waals surface area contributed by atoms with Crippen molar-refractivity contribution >= 4 is 29.9 Å². The van der Waals surface area contributed by atoms with Gasteiger partial charge in [-0.2, -0.15) is 0 Å². The third kappa shape index (κ3) is 7.00. The second-order valence-electron chi connectivity index (χ2n) is 6.50. The number of aromatic nitrogens is 3. The van der Waals surface area contributed by atoms with E-state index in [1.54, 1.807) is 12.7 Å². The average molecular weight is 484 g/mol. The highest BCUT2D eigenvalue weighted by Crippen LogP contribution is 2.18. The Labute approximate surface area is 178 Å². The lowest BCUT2D eigenvalue weighted by Gasteiger charge is -2.34. The lowest BCUT2D eigenvalue weighted by molar-refractivity contribution is 0.129. The Morgan fingerprint density at radius 3 is 2.52 bits per heavy atom. The monoisotopic (exact) mass is 484 g/mol. The standard InChI is InChI=1S/C19H28N6O.HI/c1-20-19(21-11-5-6-12-24-15-22-23-16-24)25-13-9-18(10-14-25)26-17-7-3-2-4-8-17;/h2-4,7-8,15-16,18H,5-6,9-14H2,1H3,(H,20,21);1H. The van der Waals surface area contributed by atoms with Crippen LogP contribution in [0.3, 0.4) is 0 Å². The van der Waals surface area contributed by atoms with Crippen LogP contribution in [0.25, 0.3) is 0 Å². The third-order valence-electron chi connectivity index (χ3n) is 4.59. The molecule has 0 atom stereocenters. The molecule has 1 aromatic carbocycles. The number of piperidine rings is 1. The molecular weight excluding hydrogens is 455 g/mol. The number of hydrogen-bond acceptors (Lipinski definition) is 4. The first-order valence-corrected chi connectivity index (χ1v) is 9.35. The first kappa shape index (κ1) is 21.5. The predicted octanol–water partition coefficient (Wildman–Crippen LogP) is 2.80. The van der Waals surface area contributed by atoms with Gasteiger partial charge in [-0.25, -0.2) is 0 Å². The molecule has 1 aliphatic rings. The summed E-state index contributed by atoms with van der Waals surface area (Å²) in [7, 11) is 1.85. The molecule has 0 radical (unpaired) electrons. The topological polar surface area (TPSA) is 67.6 Å². The third-order valence-corrected chi connectivity index (χ3v) is 4.59. The van der Waals surface area contributed by atoms with E-state index in [1.165, 1.54) is 0 Å². The molecule has 3 rings (SSSR count). The van der Waals surface area contributed by atoms with Gasteiger partial charge in [-0.05, 0) is 25.0 Å². The van der Waals surface area contributed by atoms with Crippen LogP contribution in [-0.2, 0) is 6.54 Å². The minimum absolute atomic E-state index is 0. The number of likely N-dealkylation sites (tertiary alicyclic amines) is 1. The normalized spacial score (nSPS) is 15.3. The molecule has 27 heavy (non-hydrogen) atoms. The van der Waals surface area contributed by atoms with Crippen LogP contribution < -0.4 is 10.1 Å². The predicted molar refractivity (Wildman–Crippen MR) is 118 cm³/mol. The van der Waals surface area contributed by atoms with Crippen LogP contribution in [0.15, 0.2) is 48.0 Å². The van der Waals surface area contributed by atoms with E-state index in [2.05, 4.69) is 25.4 Å². The Hall–Kier alpha value is -1.84. The van der Waals surface area contributed by atoms with E-state index in [0.29, 0.717) is 0 Å². The SMILES string of the molecule is CN=C(NCCCCn1cnnc1)N1CCC(Oc2ccccc2)CC1.I. The number of unbranched alkanes of at least 4 members (excludes halogenated alkanes) is 1. The number of aliphatic imine (C=N–C) groups is 1. The van der Waals surface area contributed by atoms with E-state index >= 15 is 0 Å². The number of ether oxygens (including phenoxy) is 1. The maximum Gasteiger partial charge on any atom is 0.193 e. The molecule has 1 aromatic heterocycles. The van der Waals surface area contributed by atoms with E-state index in [1.807, 2.05) is 41.9 Å². The Morgan fingerprint density at radius 1 is 1.15 bits per heavy atom. The molecule has 1 fully saturated rings. The molecular formula is C19H29IN6O. The second-order valence-corrected chi connectivity index (χ2v) is 6.50. The lowest BCUT2D eigenvalue weighted by Crippen LogP contribution is -2.47. The summed E-state index contributed by atoms with van der Waals surface area (Å²) in [6.07, 6.45) is 8.02. The van der Waals surface area contributed by atoms with Crippen molar-refractivity contribution in [3.8, 4) is 5.75 Å². The maximum atomic E-state index is 6.07. The Bertz CT molecular complexity index is 656. The summed E-state index contributed by atoms with van der Waals surface area (Å²) in [4.78, 5) is 6.76. The van der Waals surface area contributed by atoms with Crippen molar-refractivity contribution in [3.05, 3.63) is 43.0 Å². The molecule has 0 spiro atoms. The zero-order valence-corrected chi connectivity index (χ0v) is 18.2. The number of aryl methyl sites for hydroxylation is 1. The first-order chi connectivity index (χ1) is 12.8. The van der Waals surface area contributed by atoms with Crippen molar-refractivity contribution in [2.75, 3.05) is 26.7 Å². The highest BCUT2D eigenvalue weighted by molar-refractivity contribution is 14.0. The molecule has 0 bridgehead atoms. The number of nitrogens with zero attached hydrogens (tertiary/aromatic N) is 5. The molecule has 7 nitrogen and oxygen atoms in total. The van der Waals surface area contributed by atoms with E-state index in [0.717, 1.165) is 63.6 Å². The summed E-state index contributed by atoms with van der Waals surface area (Å²) in [5.41, 5.74) is 0. The largest absolute Gasteiger partial charge is 0.490 e. The smallest absolute Gasteiger partial charge is 0.193 e. The van der Waals surface area contributed by atoms with Crippen LogP contribution in [0.1, 0.15) is 25.7 Å². The fourth-order valence-electron chi connectivity index (χ4n) is 3.17. The van der Waals surface area contributed by atoms with Gasteiger partial charge in [0, 0.05) is 46.1 Å². The summed E-state index contributed by atoms with van der Waals surface area (Å²) in [6, 6.07) is 10.1. The van der Waals surface area contributed by atoms with Crippen LogP contribution in [0.2, 0.25) is 0 Å². The van der Waals surface area contributed by atoms with Crippen molar-refractivity contribution in [2.24, 2.45) is 4.99 Å². The van der Waals surface area contributed by atoms with E-state index in [-0.39, 0.29) is 30.1 Å². The quantitative estimate of drug-likeness (QED) is 0.284. The Morgan fingerprint density at radius 2 is 1.85 bits per heavy atom. The molecule has 0 aliphatic carbocycles. The summed E-state index contributed by atoms with van der Waals surface area (Å²) < 4.78 is 8.07. The first-order valence-electron chi connectivity index (χ1n) is 9.35. The summed E-state index contributed by atoms with van der Waals surface area (Å²) in [6.45, 7) is 3.82. The van der Waals surface area contributed by atoms with Gasteiger partial charge >= 0.3 is 0 Å². The van der Waals surface area contributed by atoms with Gasteiger partial charge in [0.1, 0.15) is 24.5 Å². The maximum absolute atomic E-state index is 6.07. The molecule has 0 unspecified atom stereocenters. The van der Waals surface area contributed by atoms with Crippen molar-refractivity contribution in [1.29, 1.82) is 0 Å². The summed E-state index contributed by atoms with van der Waals surface area (Å²) in [5.74, 6) is 1.95. The number of benzene rings is 1. The van der Waals surface area contributed by atoms with E-state index in [9.17, 15) is 0 Å². The van der Waals surface area contributed by atoms with Gasteiger partial charge in [-0.15, -0.1) is 34.2 Å². The van der Waals surface area contributed by atoms with Crippen LogP contribution in [-0.4, -0.2) is 58.4 Å².